The predicted molar refractivity (Wildman–Crippen MR) is 145 cm³/mol. The molecule has 6 rings (SSSR count). The van der Waals surface area contributed by atoms with Crippen LogP contribution in [0.5, 0.6) is 11.5 Å². The van der Waals surface area contributed by atoms with Gasteiger partial charge in [-0.3, -0.25) is 14.7 Å². The Kier molecular flexibility index (Phi) is 6.53. The summed E-state index contributed by atoms with van der Waals surface area (Å²) < 4.78 is 12.9. The number of benzene rings is 2. The van der Waals surface area contributed by atoms with E-state index in [0.717, 1.165) is 66.3 Å². The number of imidazole rings is 1. The fraction of sp³-hybridized carbons (Fsp3) is 0.276. The molecule has 2 aromatic carbocycles. The molecule has 1 atom stereocenters. The van der Waals surface area contributed by atoms with Gasteiger partial charge in [0.15, 0.2) is 11.5 Å². The lowest BCUT2D eigenvalue weighted by Gasteiger charge is -2.30. The minimum atomic E-state index is -0.280. The van der Waals surface area contributed by atoms with Gasteiger partial charge in [-0.1, -0.05) is 6.07 Å². The van der Waals surface area contributed by atoms with Gasteiger partial charge in [-0.25, -0.2) is 4.98 Å². The fourth-order valence-corrected chi connectivity index (χ4v) is 5.05. The molecule has 9 nitrogen and oxygen atoms in total. The van der Waals surface area contributed by atoms with Crippen LogP contribution in [0.1, 0.15) is 34.6 Å². The van der Waals surface area contributed by atoms with Crippen molar-refractivity contribution in [3.63, 3.8) is 0 Å². The molecule has 1 saturated heterocycles. The van der Waals surface area contributed by atoms with Gasteiger partial charge in [0.05, 0.1) is 12.0 Å². The van der Waals surface area contributed by atoms with Gasteiger partial charge in [0.1, 0.15) is 5.69 Å². The fourth-order valence-electron chi connectivity index (χ4n) is 5.05. The minimum Gasteiger partial charge on any atom is -0.454 e. The Labute approximate surface area is 221 Å². The van der Waals surface area contributed by atoms with Crippen molar-refractivity contribution < 1.29 is 14.3 Å². The summed E-state index contributed by atoms with van der Waals surface area (Å²) in [5, 5.41) is 3.06. The molecule has 3 N–H and O–H groups in total. The lowest BCUT2D eigenvalue weighted by molar-refractivity contribution is 0.102. The molecule has 1 fully saturated rings. The highest BCUT2D eigenvalue weighted by Gasteiger charge is 2.19. The van der Waals surface area contributed by atoms with E-state index in [1.807, 2.05) is 54.1 Å². The SMILES string of the molecule is Cc1cn(-c2cc(CN3CCC[C@H](N)C3)cc(NC(=O)c3cc(-c4ccc5c(c4)OCO5)ccn3)c2)cn1. The Morgan fingerprint density at radius 2 is 1.95 bits per heavy atom. The molecule has 2 aromatic heterocycles. The van der Waals surface area contributed by atoms with Crippen molar-refractivity contribution in [2.45, 2.75) is 32.4 Å². The van der Waals surface area contributed by atoms with Crippen molar-refractivity contribution in [3.8, 4) is 28.3 Å². The largest absolute Gasteiger partial charge is 0.454 e. The maximum atomic E-state index is 13.3. The van der Waals surface area contributed by atoms with Crippen LogP contribution in [0.4, 0.5) is 5.69 Å². The molecule has 0 unspecified atom stereocenters. The molecule has 9 heteroatoms. The van der Waals surface area contributed by atoms with Crippen molar-refractivity contribution in [2.24, 2.45) is 5.73 Å². The lowest BCUT2D eigenvalue weighted by atomic mass is 10.0. The van der Waals surface area contributed by atoms with E-state index in [2.05, 4.69) is 26.3 Å². The molecule has 0 aliphatic carbocycles. The Morgan fingerprint density at radius 3 is 2.79 bits per heavy atom. The Bertz CT molecular complexity index is 1480. The zero-order valence-corrected chi connectivity index (χ0v) is 21.3. The Balaban J connectivity index is 1.26. The van der Waals surface area contributed by atoms with Crippen LogP contribution >= 0.6 is 0 Å². The van der Waals surface area contributed by atoms with Crippen LogP contribution in [0.2, 0.25) is 0 Å². The molecule has 4 heterocycles. The highest BCUT2D eigenvalue weighted by Crippen LogP contribution is 2.36. The number of carbonyl (C=O) groups excluding carboxylic acids is 1. The second-order valence-electron chi connectivity index (χ2n) is 9.90. The first-order valence-corrected chi connectivity index (χ1v) is 12.8. The van der Waals surface area contributed by atoms with Crippen LogP contribution < -0.4 is 20.5 Å². The number of nitrogens with zero attached hydrogens (tertiary/aromatic N) is 4. The molecule has 0 saturated carbocycles. The summed E-state index contributed by atoms with van der Waals surface area (Å²) in [4.78, 5) is 24.4. The number of pyridine rings is 1. The van der Waals surface area contributed by atoms with Crippen LogP contribution in [0, 0.1) is 6.92 Å². The third-order valence-corrected chi connectivity index (χ3v) is 6.89. The number of ether oxygens (including phenoxy) is 2. The number of hydrogen-bond acceptors (Lipinski definition) is 7. The maximum Gasteiger partial charge on any atom is 0.274 e. The van der Waals surface area contributed by atoms with Crippen LogP contribution in [-0.2, 0) is 6.54 Å². The second-order valence-corrected chi connectivity index (χ2v) is 9.90. The minimum absolute atomic E-state index is 0.200. The van der Waals surface area contributed by atoms with Gasteiger partial charge in [0.25, 0.3) is 5.91 Å². The first kappa shape index (κ1) is 24.1. The number of piperidine rings is 1. The third kappa shape index (κ3) is 5.25. The van der Waals surface area contributed by atoms with Gasteiger partial charge in [-0.2, -0.15) is 0 Å². The van der Waals surface area contributed by atoms with Crippen LogP contribution in [0.15, 0.2) is 67.3 Å². The highest BCUT2D eigenvalue weighted by atomic mass is 16.7. The topological polar surface area (TPSA) is 108 Å². The number of likely N-dealkylation sites (tertiary alicyclic amines) is 1. The first-order valence-electron chi connectivity index (χ1n) is 12.8. The molecule has 1 amide bonds. The summed E-state index contributed by atoms with van der Waals surface area (Å²) in [5.74, 6) is 1.13. The van der Waals surface area contributed by atoms with E-state index < -0.39 is 0 Å². The third-order valence-electron chi connectivity index (χ3n) is 6.89. The number of amides is 1. The van der Waals surface area contributed by atoms with Crippen molar-refractivity contribution in [3.05, 3.63) is 84.2 Å². The van der Waals surface area contributed by atoms with Crippen molar-refractivity contribution in [1.82, 2.24) is 19.4 Å². The zero-order chi connectivity index (χ0) is 26.1. The number of hydrogen-bond donors (Lipinski definition) is 2. The molecule has 38 heavy (non-hydrogen) atoms. The molecule has 0 radical (unpaired) electrons. The average molecular weight is 511 g/mol. The summed E-state index contributed by atoms with van der Waals surface area (Å²) in [6.45, 7) is 4.81. The molecule has 2 aliphatic heterocycles. The summed E-state index contributed by atoms with van der Waals surface area (Å²) in [6.07, 6.45) is 7.55. The Hall–Kier alpha value is -4.21. The molecule has 0 bridgehead atoms. The van der Waals surface area contributed by atoms with Gasteiger partial charge in [0, 0.05) is 42.9 Å². The monoisotopic (exact) mass is 510 g/mol. The Morgan fingerprint density at radius 1 is 1.08 bits per heavy atom. The standard InChI is InChI=1S/C29H30N6O3/c1-19-14-35(17-32-19)25-10-20(15-34-8-2-3-23(30)16-34)9-24(13-25)33-29(36)26-11-22(6-7-31-26)21-4-5-27-28(12-21)38-18-37-27/h4-7,9-14,17,23H,2-3,8,15-16,18,30H2,1H3,(H,33,36)/t23-/m0/s1. The lowest BCUT2D eigenvalue weighted by Crippen LogP contribution is -2.42. The number of nitrogens with one attached hydrogen (secondary N) is 1. The summed E-state index contributed by atoms with van der Waals surface area (Å²) >= 11 is 0. The van der Waals surface area contributed by atoms with Crippen LogP contribution in [0.25, 0.3) is 16.8 Å². The van der Waals surface area contributed by atoms with Gasteiger partial charge < -0.3 is 25.1 Å². The molecular weight excluding hydrogens is 480 g/mol. The number of nitrogens with two attached hydrogens (primary N) is 1. The van der Waals surface area contributed by atoms with Crippen molar-refractivity contribution in [1.29, 1.82) is 0 Å². The molecule has 4 aromatic rings. The van der Waals surface area contributed by atoms with Gasteiger partial charge in [-0.15, -0.1) is 0 Å². The number of fused-ring (bicyclic) bond motifs is 1. The smallest absolute Gasteiger partial charge is 0.274 e. The number of carbonyl (C=O) groups is 1. The first-order chi connectivity index (χ1) is 18.5. The van der Waals surface area contributed by atoms with Gasteiger partial charge in [-0.05, 0) is 85.5 Å². The van der Waals surface area contributed by atoms with E-state index in [1.54, 1.807) is 18.6 Å². The van der Waals surface area contributed by atoms with Crippen LogP contribution in [0.3, 0.4) is 0 Å². The van der Waals surface area contributed by atoms with Gasteiger partial charge >= 0.3 is 0 Å². The summed E-state index contributed by atoms with van der Waals surface area (Å²) in [6, 6.07) is 15.7. The highest BCUT2D eigenvalue weighted by molar-refractivity contribution is 6.03. The quantitative estimate of drug-likeness (QED) is 0.401. The van der Waals surface area contributed by atoms with Crippen molar-refractivity contribution >= 4 is 11.6 Å². The van der Waals surface area contributed by atoms with E-state index >= 15 is 0 Å². The molecular formula is C29H30N6O3. The van der Waals surface area contributed by atoms with E-state index in [1.165, 1.54) is 0 Å². The molecule has 194 valence electrons. The van der Waals surface area contributed by atoms with Crippen molar-refractivity contribution in [2.75, 3.05) is 25.2 Å². The number of aromatic nitrogens is 3. The predicted octanol–water partition coefficient (Wildman–Crippen LogP) is 4.15. The van der Waals surface area contributed by atoms with E-state index in [0.29, 0.717) is 17.1 Å². The van der Waals surface area contributed by atoms with Gasteiger partial charge in [0.2, 0.25) is 6.79 Å². The zero-order valence-electron chi connectivity index (χ0n) is 21.3. The number of anilines is 1. The maximum absolute atomic E-state index is 13.3. The summed E-state index contributed by atoms with van der Waals surface area (Å²) in [7, 11) is 0. The second kappa shape index (κ2) is 10.3. The van der Waals surface area contributed by atoms with E-state index in [-0.39, 0.29) is 18.7 Å². The van der Waals surface area contributed by atoms with Crippen LogP contribution in [-0.4, -0.2) is 51.3 Å². The molecule has 0 spiro atoms. The molecule has 2 aliphatic rings. The number of aryl methyl sites for hydroxylation is 1. The normalized spacial score (nSPS) is 16.9. The average Bonchev–Trinajstić information content (AvgIpc) is 3.57. The summed E-state index contributed by atoms with van der Waals surface area (Å²) in [5.41, 5.74) is 12.0. The van der Waals surface area contributed by atoms with E-state index in [4.69, 9.17) is 15.2 Å². The van der Waals surface area contributed by atoms with E-state index in [9.17, 15) is 4.79 Å². The number of rotatable bonds is 6.